The van der Waals surface area contributed by atoms with Gasteiger partial charge in [-0.1, -0.05) is 33.4 Å². The zero-order chi connectivity index (χ0) is 76.8. The van der Waals surface area contributed by atoms with E-state index in [-0.39, 0.29) is 76.6 Å². The normalized spacial score (nSPS) is 10.8. The highest BCUT2D eigenvalue weighted by Crippen LogP contribution is 2.13. The summed E-state index contributed by atoms with van der Waals surface area (Å²) in [4.78, 5) is 40.2. The van der Waals surface area contributed by atoms with Crippen molar-refractivity contribution in [3.63, 3.8) is 0 Å². The molecule has 34 heteroatoms. The fourth-order valence-electron chi connectivity index (χ4n) is 9.19. The maximum atomic E-state index is 12.7. The second-order valence-electron chi connectivity index (χ2n) is 22.8. The molecule has 6 rings (SSSR count). The summed E-state index contributed by atoms with van der Waals surface area (Å²) in [5.74, 6) is 14.8. The predicted molar refractivity (Wildman–Crippen MR) is 390 cm³/mol. The third-order valence-corrected chi connectivity index (χ3v) is 14.7. The van der Waals surface area contributed by atoms with Gasteiger partial charge in [0.15, 0.2) is 18.2 Å². The minimum absolute atomic E-state index is 0.158. The van der Waals surface area contributed by atoms with E-state index in [9.17, 15) is 14.4 Å². The number of nitrogens with zero attached hydrogens (tertiary/aromatic N) is 13. The van der Waals surface area contributed by atoms with Crippen LogP contribution in [-0.2, 0) is 105 Å². The van der Waals surface area contributed by atoms with Crippen LogP contribution in [0.5, 0.6) is 0 Å². The number of nitriles is 3. The number of hydrogen-bond donors (Lipinski definition) is 3. The summed E-state index contributed by atoms with van der Waals surface area (Å²) in [5.41, 5.74) is 6.63. The molecule has 3 N–H and O–H groups in total. The van der Waals surface area contributed by atoms with E-state index in [1.165, 1.54) is 0 Å². The van der Waals surface area contributed by atoms with Crippen LogP contribution >= 0.6 is 0 Å². The minimum atomic E-state index is -0.179. The quantitative estimate of drug-likeness (QED) is 0.0363. The summed E-state index contributed by atoms with van der Waals surface area (Å²) in [6.07, 6.45) is 5.81. The fraction of sp³-hybridized carbons (Fsp3) is 0.520. The molecule has 0 atom stereocenters. The van der Waals surface area contributed by atoms with Crippen LogP contribution in [0, 0.1) is 69.5 Å². The Hall–Kier alpha value is -10.0. The lowest BCUT2D eigenvalue weighted by atomic mass is 10.2. The van der Waals surface area contributed by atoms with E-state index in [0.717, 1.165) is 33.8 Å². The average molecular weight is 1510 g/mol. The van der Waals surface area contributed by atoms with Crippen molar-refractivity contribution in [2.45, 2.75) is 39.1 Å². The Kier molecular flexibility index (Phi) is 47.6. The Labute approximate surface area is 634 Å². The van der Waals surface area contributed by atoms with Crippen LogP contribution in [0.25, 0.3) is 17.1 Å². The van der Waals surface area contributed by atoms with Gasteiger partial charge in [0.05, 0.1) is 234 Å². The molecule has 0 aliphatic carbocycles. The van der Waals surface area contributed by atoms with Crippen LogP contribution in [0.2, 0.25) is 0 Å². The van der Waals surface area contributed by atoms with Gasteiger partial charge in [0.2, 0.25) is 17.7 Å². The zero-order valence-electron chi connectivity index (χ0n) is 61.4. The Bertz CT molecular complexity index is 3420. The molecule has 3 heterocycles. The molecule has 0 aliphatic heterocycles. The topological polar surface area (TPSA) is 392 Å². The minimum Gasteiger partial charge on any atom is -0.379 e. The molecule has 0 radical (unpaired) electrons. The Morgan fingerprint density at radius 3 is 0.743 bits per heavy atom. The highest BCUT2D eigenvalue weighted by Gasteiger charge is 2.12. The molecule has 3 aromatic carbocycles. The van der Waals surface area contributed by atoms with Gasteiger partial charge in [-0.2, -0.15) is 15.8 Å². The SMILES string of the molecule is N#CC#Cc1ccc(-n2cc(COCCOCCOCCOCCOCCC(=O)NCCN(CCNC(=O)CCOCCOCCOCCOCCOCc3cn(-c4ccc(C#CC#N)cc4)nn3)CCNC(=O)CCOCCOCCOCCOCCOCc3cn(-c4ccc(C#CC#N)cc4)nn3)nn2)cc1. The number of aromatic nitrogens is 9. The largest absolute Gasteiger partial charge is 0.379 e. The maximum Gasteiger partial charge on any atom is 0.222 e. The molecular weight excluding hydrogens is 1410 g/mol. The summed E-state index contributed by atoms with van der Waals surface area (Å²) >= 11 is 0. The van der Waals surface area contributed by atoms with Crippen LogP contribution in [0.1, 0.15) is 53.0 Å². The number of ether oxygens (including phenoxy) is 15. The van der Waals surface area contributed by atoms with Gasteiger partial charge in [-0.15, -0.1) is 15.3 Å². The summed E-state index contributed by atoms with van der Waals surface area (Å²) in [6, 6.07) is 27.3. The van der Waals surface area contributed by atoms with Gasteiger partial charge in [0.25, 0.3) is 0 Å². The number of nitrogens with one attached hydrogen (secondary N) is 3. The molecule has 34 nitrogen and oxygen atoms in total. The van der Waals surface area contributed by atoms with Crippen molar-refractivity contribution < 1.29 is 85.4 Å². The lowest BCUT2D eigenvalue weighted by Crippen LogP contribution is -2.43. The summed E-state index contributed by atoms with van der Waals surface area (Å²) in [6.45, 7) is 12.8. The maximum absolute atomic E-state index is 12.7. The molecule has 0 bridgehead atoms. The highest BCUT2D eigenvalue weighted by atomic mass is 16.6. The molecule has 0 aliphatic rings. The Balaban J connectivity index is 0.730. The summed E-state index contributed by atoms with van der Waals surface area (Å²) in [5, 5.41) is 59.5. The first-order chi connectivity index (χ1) is 53.8. The zero-order valence-corrected chi connectivity index (χ0v) is 61.4. The van der Waals surface area contributed by atoms with E-state index in [4.69, 9.17) is 86.8 Å². The predicted octanol–water partition coefficient (Wildman–Crippen LogP) is 2.02. The monoisotopic (exact) mass is 1510 g/mol. The molecule has 0 saturated carbocycles. The first-order valence-corrected chi connectivity index (χ1v) is 35.7. The van der Waals surface area contributed by atoms with E-state index in [0.29, 0.717) is 215 Å². The number of amides is 3. The molecule has 0 unspecified atom stereocenters. The molecule has 0 fully saturated rings. The van der Waals surface area contributed by atoms with Gasteiger partial charge in [0, 0.05) is 93.0 Å². The number of carbonyl (C=O) groups is 3. The second kappa shape index (κ2) is 59.0. The molecule has 109 heavy (non-hydrogen) atoms. The summed E-state index contributed by atoms with van der Waals surface area (Å²) in [7, 11) is 0. The van der Waals surface area contributed by atoms with E-state index in [1.54, 1.807) is 50.8 Å². The van der Waals surface area contributed by atoms with Crippen molar-refractivity contribution >= 4 is 17.7 Å². The molecular formula is C75H96N16O18. The molecule has 3 aromatic heterocycles. The van der Waals surface area contributed by atoms with E-state index >= 15 is 0 Å². The van der Waals surface area contributed by atoms with Gasteiger partial charge < -0.3 is 87.0 Å². The van der Waals surface area contributed by atoms with Gasteiger partial charge in [-0.25, -0.2) is 14.0 Å². The molecule has 0 saturated heterocycles. The number of hydrogen-bond acceptors (Lipinski definition) is 28. The van der Waals surface area contributed by atoms with Crippen LogP contribution in [-0.4, -0.2) is 285 Å². The second-order valence-corrected chi connectivity index (χ2v) is 22.8. The van der Waals surface area contributed by atoms with E-state index < -0.39 is 0 Å². The fourth-order valence-corrected chi connectivity index (χ4v) is 9.19. The van der Waals surface area contributed by atoms with E-state index in [1.807, 2.05) is 77.7 Å². The summed E-state index contributed by atoms with van der Waals surface area (Å²) < 4.78 is 88.9. The lowest BCUT2D eigenvalue weighted by Gasteiger charge is -2.23. The van der Waals surface area contributed by atoms with Crippen molar-refractivity contribution in [1.82, 2.24) is 65.8 Å². The van der Waals surface area contributed by atoms with Crippen molar-refractivity contribution in [3.8, 4) is 70.8 Å². The third kappa shape index (κ3) is 42.4. The lowest BCUT2D eigenvalue weighted by molar-refractivity contribution is -0.123. The molecule has 6 aromatic rings. The molecule has 3 amide bonds. The number of rotatable bonds is 63. The van der Waals surface area contributed by atoms with Crippen molar-refractivity contribution in [2.24, 2.45) is 0 Å². The van der Waals surface area contributed by atoms with Crippen LogP contribution in [0.15, 0.2) is 91.4 Å². The van der Waals surface area contributed by atoms with Crippen molar-refractivity contribution in [1.29, 1.82) is 15.8 Å². The highest BCUT2D eigenvalue weighted by molar-refractivity contribution is 5.76. The molecule has 0 spiro atoms. The van der Waals surface area contributed by atoms with Gasteiger partial charge in [0.1, 0.15) is 17.1 Å². The standard InChI is InChI=1S/C75H96N16O18/c76-22-1-4-64-7-13-70(14-8-64)89-58-67(82-85-89)61-107-55-52-104-49-46-101-43-40-98-37-34-95-31-19-73(92)79-25-28-88(29-26-80-74(93)20-32-96-35-38-99-41-44-102-47-50-105-53-56-108-62-68-59-90(86-83-68)71-15-9-65(10-16-71)5-2-23-77)30-27-81-75(94)21-33-97-36-39-100-42-45-103-48-51-106-54-57-109-63-69-60-91(87-84-69)72-17-11-66(12-18-72)6-3-24-78/h7-18,58-60H,19-21,25-57,61-63H2,(H,79,92)(H,80,93)(H,81,94). The van der Waals surface area contributed by atoms with Crippen molar-refractivity contribution in [3.05, 3.63) is 125 Å². The van der Waals surface area contributed by atoms with Crippen molar-refractivity contribution in [2.75, 3.05) is 218 Å². The first kappa shape index (κ1) is 87.9. The van der Waals surface area contributed by atoms with E-state index in [2.05, 4.69) is 82.4 Å². The van der Waals surface area contributed by atoms with Gasteiger partial charge >= 0.3 is 0 Å². The average Bonchev–Trinajstić information content (AvgIpc) is 1.76. The Morgan fingerprint density at radius 1 is 0.312 bits per heavy atom. The first-order valence-electron chi connectivity index (χ1n) is 35.7. The smallest absolute Gasteiger partial charge is 0.222 e. The van der Waals surface area contributed by atoms with Crippen LogP contribution in [0.3, 0.4) is 0 Å². The number of carbonyl (C=O) groups excluding carboxylic acids is 3. The van der Waals surface area contributed by atoms with Crippen LogP contribution < -0.4 is 16.0 Å². The van der Waals surface area contributed by atoms with Crippen LogP contribution in [0.4, 0.5) is 0 Å². The number of benzene rings is 3. The molecule has 584 valence electrons. The Morgan fingerprint density at radius 2 is 0.523 bits per heavy atom. The van der Waals surface area contributed by atoms with Gasteiger partial charge in [-0.3, -0.25) is 19.3 Å². The third-order valence-electron chi connectivity index (χ3n) is 14.7. The van der Waals surface area contributed by atoms with Gasteiger partial charge in [-0.05, 0) is 72.8 Å².